The minimum absolute atomic E-state index is 0.189. The Morgan fingerprint density at radius 3 is 2.03 bits per heavy atom. The van der Waals surface area contributed by atoms with Gasteiger partial charge in [0.25, 0.3) is 11.1 Å². The third kappa shape index (κ3) is 3.15. The first-order valence-electron chi connectivity index (χ1n) is 10.1. The van der Waals surface area contributed by atoms with Crippen LogP contribution in [0.25, 0.3) is 33.2 Å². The molecule has 0 unspecified atom stereocenters. The third-order valence-corrected chi connectivity index (χ3v) is 5.65. The molecular weight excluding hydrogens is 386 g/mol. The molecule has 5 aromatic rings. The summed E-state index contributed by atoms with van der Waals surface area (Å²) >= 11 is 0. The molecule has 0 fully saturated rings. The minimum atomic E-state index is -0.195. The lowest BCUT2D eigenvalue weighted by Crippen LogP contribution is -2.21. The summed E-state index contributed by atoms with van der Waals surface area (Å²) in [4.78, 5) is 31.2. The molecule has 0 spiro atoms. The van der Waals surface area contributed by atoms with Gasteiger partial charge in [0.15, 0.2) is 0 Å². The molecular formula is C26H21N3O2. The molecule has 0 saturated heterocycles. The Labute approximate surface area is 178 Å². The highest BCUT2D eigenvalue weighted by Gasteiger charge is 2.12. The van der Waals surface area contributed by atoms with Crippen molar-refractivity contribution in [2.75, 3.05) is 0 Å². The van der Waals surface area contributed by atoms with Crippen LogP contribution in [0.5, 0.6) is 0 Å². The summed E-state index contributed by atoms with van der Waals surface area (Å²) in [5.41, 5.74) is 5.53. The molecule has 3 heterocycles. The van der Waals surface area contributed by atoms with Crippen molar-refractivity contribution in [1.29, 1.82) is 0 Å². The molecule has 0 amide bonds. The van der Waals surface area contributed by atoms with E-state index in [1.165, 1.54) is 0 Å². The van der Waals surface area contributed by atoms with Crippen molar-refractivity contribution in [2.45, 2.75) is 20.8 Å². The Hall–Kier alpha value is -3.99. The summed E-state index contributed by atoms with van der Waals surface area (Å²) in [6.45, 7) is 5.96. The van der Waals surface area contributed by atoms with Crippen molar-refractivity contribution >= 4 is 21.8 Å². The maximum Gasteiger partial charge on any atom is 0.264 e. The van der Waals surface area contributed by atoms with E-state index in [-0.39, 0.29) is 11.1 Å². The molecule has 0 N–H and O–H groups in total. The first kappa shape index (κ1) is 19.0. The Bertz CT molecular complexity index is 1610. The molecule has 0 aliphatic rings. The molecule has 3 aromatic heterocycles. The van der Waals surface area contributed by atoms with Gasteiger partial charge in [-0.3, -0.25) is 18.7 Å². The van der Waals surface area contributed by atoms with Gasteiger partial charge in [-0.15, -0.1) is 0 Å². The summed E-state index contributed by atoms with van der Waals surface area (Å²) in [6.07, 6.45) is 3.48. The zero-order valence-electron chi connectivity index (χ0n) is 17.6. The van der Waals surface area contributed by atoms with Gasteiger partial charge in [-0.25, -0.2) is 4.98 Å². The van der Waals surface area contributed by atoms with Crippen molar-refractivity contribution in [3.8, 4) is 11.4 Å². The number of aryl methyl sites for hydroxylation is 3. The molecule has 5 heteroatoms. The standard InChI is InChI=1S/C26H21N3O2/c1-16-5-4-6-19(13-16)28-11-9-22-20(25(28)30)15-21-23(27-22)10-12-29(26(21)31)24-14-17(2)7-8-18(24)3/h4-15H,1-3H3. The Kier molecular flexibility index (Phi) is 4.33. The molecule has 0 atom stereocenters. The van der Waals surface area contributed by atoms with Gasteiger partial charge in [-0.1, -0.05) is 24.3 Å². The summed E-state index contributed by atoms with van der Waals surface area (Å²) in [6, 6.07) is 19.1. The fourth-order valence-corrected chi connectivity index (χ4v) is 3.97. The molecule has 2 aromatic carbocycles. The fraction of sp³-hybridized carbons (Fsp3) is 0.115. The molecule has 0 radical (unpaired) electrons. The molecule has 0 aliphatic heterocycles. The van der Waals surface area contributed by atoms with Crippen molar-refractivity contribution in [3.05, 3.63) is 110 Å². The highest BCUT2D eigenvalue weighted by atomic mass is 16.1. The van der Waals surface area contributed by atoms with Crippen molar-refractivity contribution < 1.29 is 0 Å². The van der Waals surface area contributed by atoms with Gasteiger partial charge < -0.3 is 0 Å². The van der Waals surface area contributed by atoms with Gasteiger partial charge in [0, 0.05) is 18.1 Å². The van der Waals surface area contributed by atoms with E-state index in [1.807, 2.05) is 75.4 Å². The van der Waals surface area contributed by atoms with Crippen LogP contribution in [-0.4, -0.2) is 14.1 Å². The number of aromatic nitrogens is 3. The first-order chi connectivity index (χ1) is 14.9. The van der Waals surface area contributed by atoms with Gasteiger partial charge in [0.2, 0.25) is 0 Å². The van der Waals surface area contributed by atoms with Crippen LogP contribution < -0.4 is 11.1 Å². The normalized spacial score (nSPS) is 11.3. The highest BCUT2D eigenvalue weighted by molar-refractivity contribution is 5.91. The monoisotopic (exact) mass is 407 g/mol. The number of pyridine rings is 3. The van der Waals surface area contributed by atoms with Crippen LogP contribution in [-0.2, 0) is 0 Å². The van der Waals surface area contributed by atoms with Crippen LogP contribution in [0.15, 0.2) is 82.6 Å². The fourth-order valence-electron chi connectivity index (χ4n) is 3.97. The van der Waals surface area contributed by atoms with Crippen LogP contribution in [0.4, 0.5) is 0 Å². The molecule has 5 rings (SSSR count). The van der Waals surface area contributed by atoms with Gasteiger partial charge in [-0.05, 0) is 73.9 Å². The molecule has 0 saturated carbocycles. The SMILES string of the molecule is Cc1cccc(-n2ccc3nc4ccn(-c5cc(C)ccc5C)c(=O)c4cc3c2=O)c1. The average molecular weight is 407 g/mol. The van der Waals surface area contributed by atoms with Crippen LogP contribution >= 0.6 is 0 Å². The lowest BCUT2D eigenvalue weighted by Gasteiger charge is -2.12. The maximum atomic E-state index is 13.4. The highest BCUT2D eigenvalue weighted by Crippen LogP contribution is 2.19. The van der Waals surface area contributed by atoms with Gasteiger partial charge in [-0.2, -0.15) is 0 Å². The van der Waals surface area contributed by atoms with Crippen LogP contribution in [0.2, 0.25) is 0 Å². The van der Waals surface area contributed by atoms with E-state index in [9.17, 15) is 9.59 Å². The lowest BCUT2D eigenvalue weighted by molar-refractivity contribution is 0.987. The second-order valence-corrected chi connectivity index (χ2v) is 7.96. The summed E-state index contributed by atoms with van der Waals surface area (Å²) in [5.74, 6) is 0. The maximum absolute atomic E-state index is 13.4. The zero-order valence-corrected chi connectivity index (χ0v) is 17.6. The molecule has 5 nitrogen and oxygen atoms in total. The number of rotatable bonds is 2. The molecule has 0 aliphatic carbocycles. The second-order valence-electron chi connectivity index (χ2n) is 7.96. The Balaban J connectivity index is 1.79. The smallest absolute Gasteiger partial charge is 0.264 e. The predicted molar refractivity (Wildman–Crippen MR) is 125 cm³/mol. The summed E-state index contributed by atoms with van der Waals surface area (Å²) in [7, 11) is 0. The third-order valence-electron chi connectivity index (χ3n) is 5.65. The van der Waals surface area contributed by atoms with Gasteiger partial charge in [0.1, 0.15) is 0 Å². The summed E-state index contributed by atoms with van der Waals surface area (Å²) in [5, 5.41) is 0.849. The van der Waals surface area contributed by atoms with E-state index in [4.69, 9.17) is 0 Å². The van der Waals surface area contributed by atoms with E-state index >= 15 is 0 Å². The van der Waals surface area contributed by atoms with Crippen LogP contribution in [0, 0.1) is 20.8 Å². The van der Waals surface area contributed by atoms with Crippen molar-refractivity contribution in [3.63, 3.8) is 0 Å². The number of benzene rings is 2. The van der Waals surface area contributed by atoms with Crippen LogP contribution in [0.3, 0.4) is 0 Å². The molecule has 152 valence electrons. The zero-order chi connectivity index (χ0) is 21.7. The topological polar surface area (TPSA) is 56.9 Å². The quantitative estimate of drug-likeness (QED) is 0.402. The van der Waals surface area contributed by atoms with E-state index in [2.05, 4.69) is 4.98 Å². The van der Waals surface area contributed by atoms with Gasteiger partial charge in [0.05, 0.1) is 27.5 Å². The Morgan fingerprint density at radius 2 is 1.32 bits per heavy atom. The van der Waals surface area contributed by atoms with Gasteiger partial charge >= 0.3 is 0 Å². The van der Waals surface area contributed by atoms with Crippen molar-refractivity contribution in [1.82, 2.24) is 14.1 Å². The van der Waals surface area contributed by atoms with Crippen molar-refractivity contribution in [2.24, 2.45) is 0 Å². The molecule has 0 bridgehead atoms. The largest absolute Gasteiger partial charge is 0.284 e. The number of hydrogen-bond donors (Lipinski definition) is 0. The summed E-state index contributed by atoms with van der Waals surface area (Å²) < 4.78 is 3.22. The van der Waals surface area contributed by atoms with E-state index in [0.29, 0.717) is 21.8 Å². The first-order valence-corrected chi connectivity index (χ1v) is 10.1. The second kappa shape index (κ2) is 7.06. The number of nitrogens with zero attached hydrogens (tertiary/aromatic N) is 3. The Morgan fingerprint density at radius 1 is 0.677 bits per heavy atom. The van der Waals surface area contributed by atoms with E-state index in [0.717, 1.165) is 28.1 Å². The van der Waals surface area contributed by atoms with E-state index < -0.39 is 0 Å². The predicted octanol–water partition coefficient (Wildman–Crippen LogP) is 4.62. The number of hydrogen-bond acceptors (Lipinski definition) is 3. The number of fused-ring (bicyclic) bond motifs is 2. The average Bonchev–Trinajstić information content (AvgIpc) is 2.75. The molecule has 31 heavy (non-hydrogen) atoms. The van der Waals surface area contributed by atoms with E-state index in [1.54, 1.807) is 27.6 Å². The van der Waals surface area contributed by atoms with Crippen LogP contribution in [0.1, 0.15) is 16.7 Å². The minimum Gasteiger partial charge on any atom is -0.284 e. The lowest BCUT2D eigenvalue weighted by atomic mass is 10.1.